The van der Waals surface area contributed by atoms with Gasteiger partial charge >= 0.3 is 0 Å². The van der Waals surface area contributed by atoms with Gasteiger partial charge in [0, 0.05) is 6.42 Å². The molecule has 2 unspecified atom stereocenters. The van der Waals surface area contributed by atoms with E-state index < -0.39 is 0 Å². The van der Waals surface area contributed by atoms with Crippen molar-refractivity contribution in [3.05, 3.63) is 0 Å². The molecule has 0 bridgehead atoms. The summed E-state index contributed by atoms with van der Waals surface area (Å²) in [5.74, 6) is 1.99. The van der Waals surface area contributed by atoms with Crippen LogP contribution in [-0.2, 0) is 4.79 Å². The minimum atomic E-state index is 0.765. The molecule has 0 radical (unpaired) electrons. The third-order valence-electron chi connectivity index (χ3n) is 2.42. The van der Waals surface area contributed by atoms with E-state index >= 15 is 0 Å². The largest absolute Gasteiger partial charge is 0.303 e. The molecule has 0 N–H and O–H groups in total. The van der Waals surface area contributed by atoms with E-state index in [1.165, 1.54) is 19.3 Å². The van der Waals surface area contributed by atoms with Gasteiger partial charge in [0.15, 0.2) is 0 Å². The Balaban J connectivity index is 1.82. The molecular formula is C9H16O. The Labute approximate surface area is 62.8 Å². The molecule has 1 nitrogen and oxygen atoms in total. The van der Waals surface area contributed by atoms with Gasteiger partial charge in [-0.25, -0.2) is 0 Å². The molecule has 0 aromatic heterocycles. The zero-order valence-corrected chi connectivity index (χ0v) is 6.68. The van der Waals surface area contributed by atoms with Crippen molar-refractivity contribution in [1.82, 2.24) is 0 Å². The van der Waals surface area contributed by atoms with Crippen LogP contribution in [0.15, 0.2) is 0 Å². The third kappa shape index (κ3) is 2.51. The van der Waals surface area contributed by atoms with E-state index in [1.54, 1.807) is 0 Å². The highest BCUT2D eigenvalue weighted by molar-refractivity contribution is 5.48. The molecule has 0 spiro atoms. The highest BCUT2D eigenvalue weighted by atomic mass is 16.1. The number of carbonyl (C=O) groups is 1. The number of hydrogen-bond donors (Lipinski definition) is 0. The van der Waals surface area contributed by atoms with E-state index in [2.05, 4.69) is 6.92 Å². The first-order chi connectivity index (χ1) is 4.84. The average Bonchev–Trinajstić information content (AvgIpc) is 2.60. The monoisotopic (exact) mass is 140 g/mol. The maximum atomic E-state index is 9.93. The second kappa shape index (κ2) is 3.75. The summed E-state index contributed by atoms with van der Waals surface area (Å²) in [6.45, 7) is 2.31. The lowest BCUT2D eigenvalue weighted by Crippen LogP contribution is -1.81. The van der Waals surface area contributed by atoms with Gasteiger partial charge in [0.2, 0.25) is 0 Å². The predicted octanol–water partition coefficient (Wildman–Crippen LogP) is 2.40. The number of unbranched alkanes of at least 4 members (excludes halogenated alkanes) is 2. The molecule has 2 atom stereocenters. The Bertz CT molecular complexity index is 109. The first-order valence-corrected chi connectivity index (χ1v) is 4.28. The van der Waals surface area contributed by atoms with Gasteiger partial charge in [-0.05, 0) is 24.7 Å². The summed E-state index contributed by atoms with van der Waals surface area (Å²) in [6.07, 6.45) is 6.94. The molecule has 0 amide bonds. The number of rotatable bonds is 5. The first kappa shape index (κ1) is 7.77. The molecule has 1 fully saturated rings. The van der Waals surface area contributed by atoms with Crippen LogP contribution < -0.4 is 0 Å². The number of hydrogen-bond acceptors (Lipinski definition) is 1. The van der Waals surface area contributed by atoms with Crippen LogP contribution in [0.1, 0.15) is 39.0 Å². The quantitative estimate of drug-likeness (QED) is 0.423. The summed E-state index contributed by atoms with van der Waals surface area (Å²) >= 11 is 0. The topological polar surface area (TPSA) is 17.1 Å². The van der Waals surface area contributed by atoms with Crippen LogP contribution in [0.5, 0.6) is 0 Å². The molecular weight excluding hydrogens is 124 g/mol. The molecule has 1 heteroatoms. The molecule has 10 heavy (non-hydrogen) atoms. The first-order valence-electron chi connectivity index (χ1n) is 4.28. The van der Waals surface area contributed by atoms with Crippen LogP contribution in [0, 0.1) is 11.8 Å². The molecule has 1 aliphatic carbocycles. The summed E-state index contributed by atoms with van der Waals surface area (Å²) in [5.41, 5.74) is 0. The molecule has 1 saturated carbocycles. The highest BCUT2D eigenvalue weighted by Crippen LogP contribution is 2.41. The lowest BCUT2D eigenvalue weighted by molar-refractivity contribution is -0.107. The van der Waals surface area contributed by atoms with Gasteiger partial charge in [0.25, 0.3) is 0 Å². The van der Waals surface area contributed by atoms with Crippen molar-refractivity contribution in [3.63, 3.8) is 0 Å². The van der Waals surface area contributed by atoms with Gasteiger partial charge in [0.1, 0.15) is 6.29 Å². The van der Waals surface area contributed by atoms with Crippen LogP contribution in [0.25, 0.3) is 0 Å². The maximum Gasteiger partial charge on any atom is 0.119 e. The summed E-state index contributed by atoms with van der Waals surface area (Å²) in [4.78, 5) is 9.93. The fraction of sp³-hybridized carbons (Fsp3) is 0.889. The van der Waals surface area contributed by atoms with E-state index in [-0.39, 0.29) is 0 Å². The highest BCUT2D eigenvalue weighted by Gasteiger charge is 2.31. The van der Waals surface area contributed by atoms with Crippen molar-refractivity contribution in [2.24, 2.45) is 11.8 Å². The summed E-state index contributed by atoms with van der Waals surface area (Å²) in [5, 5.41) is 0. The van der Waals surface area contributed by atoms with Crippen molar-refractivity contribution in [2.75, 3.05) is 0 Å². The molecule has 0 aromatic carbocycles. The Morgan fingerprint density at radius 1 is 1.50 bits per heavy atom. The zero-order valence-electron chi connectivity index (χ0n) is 6.68. The minimum Gasteiger partial charge on any atom is -0.303 e. The lowest BCUT2D eigenvalue weighted by atomic mass is 10.1. The van der Waals surface area contributed by atoms with E-state index in [4.69, 9.17) is 0 Å². The van der Waals surface area contributed by atoms with E-state index in [0.29, 0.717) is 0 Å². The smallest absolute Gasteiger partial charge is 0.119 e. The van der Waals surface area contributed by atoms with Crippen LogP contribution in [-0.4, -0.2) is 6.29 Å². The van der Waals surface area contributed by atoms with Crippen LogP contribution in [0.4, 0.5) is 0 Å². The Kier molecular flexibility index (Phi) is 2.91. The fourth-order valence-corrected chi connectivity index (χ4v) is 1.44. The Hall–Kier alpha value is -0.330. The zero-order chi connectivity index (χ0) is 7.40. The van der Waals surface area contributed by atoms with Gasteiger partial charge in [-0.1, -0.05) is 19.8 Å². The van der Waals surface area contributed by atoms with Crippen LogP contribution in [0.3, 0.4) is 0 Å². The molecule has 0 aromatic rings. The maximum absolute atomic E-state index is 9.93. The summed E-state index contributed by atoms with van der Waals surface area (Å²) < 4.78 is 0. The Morgan fingerprint density at radius 3 is 2.70 bits per heavy atom. The SMILES string of the molecule is CC1CC1CCCCC=O. The molecule has 0 aliphatic heterocycles. The molecule has 0 saturated heterocycles. The molecule has 58 valence electrons. The van der Waals surface area contributed by atoms with Crippen molar-refractivity contribution < 1.29 is 4.79 Å². The second-order valence-corrected chi connectivity index (χ2v) is 3.42. The average molecular weight is 140 g/mol. The van der Waals surface area contributed by atoms with Gasteiger partial charge in [-0.15, -0.1) is 0 Å². The summed E-state index contributed by atoms with van der Waals surface area (Å²) in [7, 11) is 0. The van der Waals surface area contributed by atoms with Crippen LogP contribution in [0.2, 0.25) is 0 Å². The summed E-state index contributed by atoms with van der Waals surface area (Å²) in [6, 6.07) is 0. The number of carbonyl (C=O) groups excluding carboxylic acids is 1. The third-order valence-corrected chi connectivity index (χ3v) is 2.42. The van der Waals surface area contributed by atoms with Crippen molar-refractivity contribution in [3.8, 4) is 0 Å². The molecule has 0 heterocycles. The predicted molar refractivity (Wildman–Crippen MR) is 41.8 cm³/mol. The van der Waals surface area contributed by atoms with Gasteiger partial charge in [0.05, 0.1) is 0 Å². The fourth-order valence-electron chi connectivity index (χ4n) is 1.44. The van der Waals surface area contributed by atoms with E-state index in [1.807, 2.05) is 0 Å². The standard InChI is InChI=1S/C9H16O/c1-8-7-9(8)5-3-2-4-6-10/h6,8-9H,2-5,7H2,1H3. The number of aldehydes is 1. The second-order valence-electron chi connectivity index (χ2n) is 3.42. The van der Waals surface area contributed by atoms with Crippen molar-refractivity contribution in [2.45, 2.75) is 39.0 Å². The Morgan fingerprint density at radius 2 is 2.20 bits per heavy atom. The normalized spacial score (nSPS) is 30.1. The van der Waals surface area contributed by atoms with Crippen LogP contribution >= 0.6 is 0 Å². The molecule has 1 rings (SSSR count). The minimum absolute atomic E-state index is 0.765. The van der Waals surface area contributed by atoms with Crippen molar-refractivity contribution in [1.29, 1.82) is 0 Å². The van der Waals surface area contributed by atoms with Gasteiger partial charge < -0.3 is 4.79 Å². The van der Waals surface area contributed by atoms with E-state index in [9.17, 15) is 4.79 Å². The van der Waals surface area contributed by atoms with Gasteiger partial charge in [-0.3, -0.25) is 0 Å². The van der Waals surface area contributed by atoms with E-state index in [0.717, 1.165) is 31.0 Å². The van der Waals surface area contributed by atoms with Gasteiger partial charge in [-0.2, -0.15) is 0 Å². The van der Waals surface area contributed by atoms with Crippen molar-refractivity contribution >= 4 is 6.29 Å². The lowest BCUT2D eigenvalue weighted by Gasteiger charge is -1.94. The molecule has 1 aliphatic rings.